The van der Waals surface area contributed by atoms with Gasteiger partial charge >= 0.3 is 6.18 Å². The first-order valence-electron chi connectivity index (χ1n) is 8.22. The second-order valence-electron chi connectivity index (χ2n) is 6.07. The number of alkyl halides is 5. The maximum absolute atomic E-state index is 12.5. The monoisotopic (exact) mass is 402 g/mol. The number of nitrogens with zero attached hydrogens (tertiary/aromatic N) is 2. The highest BCUT2D eigenvalue weighted by atomic mass is 19.4. The molecular weight excluding hydrogens is 387 g/mol. The Morgan fingerprint density at radius 2 is 1.82 bits per heavy atom. The van der Waals surface area contributed by atoms with Crippen LogP contribution in [0.2, 0.25) is 0 Å². The predicted octanol–water partition coefficient (Wildman–Crippen LogP) is 4.00. The van der Waals surface area contributed by atoms with Crippen molar-refractivity contribution in [2.24, 2.45) is 0 Å². The van der Waals surface area contributed by atoms with E-state index in [2.05, 4.69) is 4.98 Å². The predicted molar refractivity (Wildman–Crippen MR) is 87.4 cm³/mol. The lowest BCUT2D eigenvalue weighted by Gasteiger charge is -2.38. The summed E-state index contributed by atoms with van der Waals surface area (Å²) in [5, 5.41) is 0. The topological polar surface area (TPSA) is 51.7 Å². The molecule has 1 saturated heterocycles. The normalized spacial score (nSPS) is 14.9. The molecular formula is C18H15F5N2O3. The molecule has 0 unspecified atom stereocenters. The van der Waals surface area contributed by atoms with Gasteiger partial charge in [-0.1, -0.05) is 0 Å². The van der Waals surface area contributed by atoms with Gasteiger partial charge in [-0.15, -0.1) is 0 Å². The molecule has 0 spiro atoms. The van der Waals surface area contributed by atoms with Crippen molar-refractivity contribution in [2.45, 2.75) is 18.7 Å². The minimum absolute atomic E-state index is 0.0196. The molecule has 0 bridgehead atoms. The lowest BCUT2D eigenvalue weighted by molar-refractivity contribution is -0.137. The van der Waals surface area contributed by atoms with Gasteiger partial charge in [-0.25, -0.2) is 13.8 Å². The van der Waals surface area contributed by atoms with Crippen LogP contribution in [-0.4, -0.2) is 48.0 Å². The average molecular weight is 402 g/mol. The van der Waals surface area contributed by atoms with Gasteiger partial charge in [-0.2, -0.15) is 13.2 Å². The number of pyridine rings is 1. The van der Waals surface area contributed by atoms with Crippen LogP contribution in [0, 0.1) is 0 Å². The molecule has 150 valence electrons. The Labute approximate surface area is 156 Å². The second kappa shape index (κ2) is 8.09. The Morgan fingerprint density at radius 1 is 1.14 bits per heavy atom. The molecule has 0 saturated carbocycles. The minimum Gasteiger partial charge on any atom is -0.439 e. The first-order chi connectivity index (χ1) is 13.2. The van der Waals surface area contributed by atoms with Crippen LogP contribution in [0.5, 0.6) is 11.6 Å². The van der Waals surface area contributed by atoms with E-state index >= 15 is 0 Å². The average Bonchev–Trinajstić information content (AvgIpc) is 2.60. The van der Waals surface area contributed by atoms with Gasteiger partial charge in [0.1, 0.15) is 12.4 Å². The van der Waals surface area contributed by atoms with E-state index in [-0.39, 0.29) is 24.9 Å². The van der Waals surface area contributed by atoms with Crippen LogP contribution in [0.4, 0.5) is 22.0 Å². The molecule has 10 heteroatoms. The smallest absolute Gasteiger partial charge is 0.417 e. The largest absolute Gasteiger partial charge is 0.439 e. The van der Waals surface area contributed by atoms with Crippen LogP contribution in [-0.2, 0) is 10.9 Å². The van der Waals surface area contributed by atoms with Crippen LogP contribution in [0.1, 0.15) is 15.9 Å². The van der Waals surface area contributed by atoms with Crippen LogP contribution in [0.3, 0.4) is 0 Å². The zero-order chi connectivity index (χ0) is 20.3. The fraction of sp³-hybridized carbons (Fsp3) is 0.333. The van der Waals surface area contributed by atoms with E-state index in [0.29, 0.717) is 17.5 Å². The molecule has 1 aromatic heterocycles. The highest BCUT2D eigenvalue weighted by molar-refractivity contribution is 5.94. The maximum atomic E-state index is 12.5. The number of amides is 1. The summed E-state index contributed by atoms with van der Waals surface area (Å²) in [5.41, 5.74) is -0.522. The van der Waals surface area contributed by atoms with Crippen molar-refractivity contribution in [2.75, 3.05) is 19.7 Å². The number of aromatic nitrogens is 1. The molecule has 1 amide bonds. The Kier molecular flexibility index (Phi) is 5.78. The van der Waals surface area contributed by atoms with E-state index in [4.69, 9.17) is 9.47 Å². The zero-order valence-corrected chi connectivity index (χ0v) is 14.3. The Hall–Kier alpha value is -2.75. The molecule has 3 rings (SSSR count). The molecule has 1 aliphatic heterocycles. The van der Waals surface area contributed by atoms with E-state index in [1.807, 2.05) is 0 Å². The Bertz CT molecular complexity index is 803. The van der Waals surface area contributed by atoms with Crippen molar-refractivity contribution < 1.29 is 36.2 Å². The number of carbonyl (C=O) groups is 1. The van der Waals surface area contributed by atoms with Gasteiger partial charge in [0.2, 0.25) is 5.88 Å². The number of rotatable bonds is 6. The third kappa shape index (κ3) is 4.94. The molecule has 0 N–H and O–H groups in total. The van der Waals surface area contributed by atoms with E-state index < -0.39 is 30.9 Å². The summed E-state index contributed by atoms with van der Waals surface area (Å²) < 4.78 is 72.0. The van der Waals surface area contributed by atoms with Gasteiger partial charge in [0, 0.05) is 30.9 Å². The standard InChI is InChI=1S/C18H15F5N2O3/c19-15(20)10-27-14-8-25(9-14)17(26)11-1-4-13(5-2-11)28-16-6-3-12(7-24-16)18(21,22)23/h1-7,14-15H,8-10H2. The van der Waals surface area contributed by atoms with Crippen molar-refractivity contribution in [3.63, 3.8) is 0 Å². The fourth-order valence-electron chi connectivity index (χ4n) is 2.50. The third-order valence-electron chi connectivity index (χ3n) is 3.98. The summed E-state index contributed by atoms with van der Waals surface area (Å²) in [6, 6.07) is 7.91. The van der Waals surface area contributed by atoms with Crippen LogP contribution in [0.25, 0.3) is 0 Å². The Balaban J connectivity index is 1.53. The SMILES string of the molecule is O=C(c1ccc(Oc2ccc(C(F)(F)F)cn2)cc1)N1CC(OCC(F)F)C1. The summed E-state index contributed by atoms with van der Waals surface area (Å²) in [6.07, 6.45) is -6.75. The summed E-state index contributed by atoms with van der Waals surface area (Å²) in [4.78, 5) is 17.3. The van der Waals surface area contributed by atoms with Gasteiger partial charge in [0.05, 0.1) is 11.7 Å². The summed E-state index contributed by atoms with van der Waals surface area (Å²) in [6.45, 7) is -0.185. The summed E-state index contributed by atoms with van der Waals surface area (Å²) in [5.74, 6) is -0.00416. The molecule has 5 nitrogen and oxygen atoms in total. The molecule has 0 atom stereocenters. The summed E-state index contributed by atoms with van der Waals surface area (Å²) >= 11 is 0. The number of halogens is 5. The molecule has 2 heterocycles. The highest BCUT2D eigenvalue weighted by Crippen LogP contribution is 2.30. The van der Waals surface area contributed by atoms with Crippen molar-refractivity contribution in [1.29, 1.82) is 0 Å². The van der Waals surface area contributed by atoms with Gasteiger partial charge < -0.3 is 14.4 Å². The molecule has 1 aromatic carbocycles. The quantitative estimate of drug-likeness (QED) is 0.686. The molecule has 0 radical (unpaired) electrons. The van der Waals surface area contributed by atoms with Gasteiger partial charge in [0.25, 0.3) is 12.3 Å². The lowest BCUT2D eigenvalue weighted by Crippen LogP contribution is -2.55. The summed E-state index contributed by atoms with van der Waals surface area (Å²) in [7, 11) is 0. The molecule has 28 heavy (non-hydrogen) atoms. The number of carbonyl (C=O) groups excluding carboxylic acids is 1. The molecule has 1 aliphatic rings. The molecule has 0 aliphatic carbocycles. The van der Waals surface area contributed by atoms with Gasteiger partial charge in [-0.3, -0.25) is 4.79 Å². The number of likely N-dealkylation sites (tertiary alicyclic amines) is 1. The van der Waals surface area contributed by atoms with E-state index in [9.17, 15) is 26.7 Å². The third-order valence-corrected chi connectivity index (χ3v) is 3.98. The van der Waals surface area contributed by atoms with Crippen LogP contribution in [0.15, 0.2) is 42.6 Å². The number of benzene rings is 1. The number of hydrogen-bond acceptors (Lipinski definition) is 4. The highest BCUT2D eigenvalue weighted by Gasteiger charge is 2.32. The van der Waals surface area contributed by atoms with E-state index in [1.165, 1.54) is 29.2 Å². The minimum atomic E-state index is -4.48. The van der Waals surface area contributed by atoms with Crippen molar-refractivity contribution >= 4 is 5.91 Å². The number of hydrogen-bond donors (Lipinski definition) is 0. The second-order valence-corrected chi connectivity index (χ2v) is 6.07. The first kappa shape index (κ1) is 20.0. The fourth-order valence-corrected chi connectivity index (χ4v) is 2.50. The Morgan fingerprint density at radius 3 is 2.36 bits per heavy atom. The zero-order valence-electron chi connectivity index (χ0n) is 14.3. The van der Waals surface area contributed by atoms with Crippen molar-refractivity contribution in [3.8, 4) is 11.6 Å². The van der Waals surface area contributed by atoms with Crippen LogP contribution < -0.4 is 4.74 Å². The van der Waals surface area contributed by atoms with Gasteiger partial charge in [-0.05, 0) is 30.3 Å². The number of ether oxygens (including phenoxy) is 2. The maximum Gasteiger partial charge on any atom is 0.417 e. The first-order valence-corrected chi connectivity index (χ1v) is 8.22. The molecule has 1 fully saturated rings. The molecule has 2 aromatic rings. The van der Waals surface area contributed by atoms with E-state index in [1.54, 1.807) is 0 Å². The van der Waals surface area contributed by atoms with Crippen LogP contribution >= 0.6 is 0 Å². The lowest BCUT2D eigenvalue weighted by atomic mass is 10.1. The van der Waals surface area contributed by atoms with Gasteiger partial charge in [0.15, 0.2) is 0 Å². The van der Waals surface area contributed by atoms with E-state index in [0.717, 1.165) is 12.1 Å². The van der Waals surface area contributed by atoms with Crippen molar-refractivity contribution in [1.82, 2.24) is 9.88 Å². The van der Waals surface area contributed by atoms with Crippen molar-refractivity contribution in [3.05, 3.63) is 53.7 Å².